The summed E-state index contributed by atoms with van der Waals surface area (Å²) < 4.78 is 27.9. The average Bonchev–Trinajstić information content (AvgIpc) is 2.25. The Morgan fingerprint density at radius 1 is 1.26 bits per heavy atom. The molecular formula is C11H16Cl2N2O3S. The van der Waals surface area contributed by atoms with Crippen molar-refractivity contribution in [2.75, 3.05) is 27.2 Å². The van der Waals surface area contributed by atoms with Crippen molar-refractivity contribution < 1.29 is 13.2 Å². The van der Waals surface area contributed by atoms with E-state index >= 15 is 0 Å². The Kier molecular flexibility index (Phi) is 5.88. The maximum atomic E-state index is 11.2. The number of nitrogens with two attached hydrogens (primary N) is 1. The fourth-order valence-corrected chi connectivity index (χ4v) is 2.68. The molecule has 0 saturated heterocycles. The zero-order valence-corrected chi connectivity index (χ0v) is 13.0. The largest absolute Gasteiger partial charge is 0.490 e. The molecule has 2 N–H and O–H groups in total. The number of hydrogen-bond donors (Lipinski definition) is 1. The van der Waals surface area contributed by atoms with Gasteiger partial charge in [-0.25, -0.2) is 13.6 Å². The highest BCUT2D eigenvalue weighted by atomic mass is 35.5. The summed E-state index contributed by atoms with van der Waals surface area (Å²) in [6, 6.07) is 2.45. The normalized spacial score (nSPS) is 11.9. The third-order valence-electron chi connectivity index (χ3n) is 2.30. The van der Waals surface area contributed by atoms with E-state index in [-0.39, 0.29) is 20.7 Å². The molecule has 0 radical (unpaired) electrons. The molecule has 5 nitrogen and oxygen atoms in total. The van der Waals surface area contributed by atoms with Gasteiger partial charge in [-0.05, 0) is 32.6 Å². The Morgan fingerprint density at radius 2 is 1.79 bits per heavy atom. The van der Waals surface area contributed by atoms with Gasteiger partial charge in [-0.1, -0.05) is 23.2 Å². The summed E-state index contributed by atoms with van der Waals surface area (Å²) in [5.41, 5.74) is 0. The molecule has 1 aromatic carbocycles. The van der Waals surface area contributed by atoms with Crippen LogP contribution in [0.3, 0.4) is 0 Å². The monoisotopic (exact) mass is 326 g/mol. The first-order valence-corrected chi connectivity index (χ1v) is 7.81. The van der Waals surface area contributed by atoms with Crippen LogP contribution >= 0.6 is 23.2 Å². The van der Waals surface area contributed by atoms with Crippen LogP contribution in [0.2, 0.25) is 10.0 Å². The second-order valence-electron chi connectivity index (χ2n) is 4.27. The van der Waals surface area contributed by atoms with E-state index in [0.29, 0.717) is 6.61 Å². The van der Waals surface area contributed by atoms with Crippen molar-refractivity contribution in [2.24, 2.45) is 5.14 Å². The van der Waals surface area contributed by atoms with Crippen LogP contribution in [0.25, 0.3) is 0 Å². The minimum absolute atomic E-state index is 0.126. The number of rotatable bonds is 6. The van der Waals surface area contributed by atoms with Crippen LogP contribution in [0.4, 0.5) is 0 Å². The van der Waals surface area contributed by atoms with Gasteiger partial charge in [-0.15, -0.1) is 0 Å². The van der Waals surface area contributed by atoms with Crippen molar-refractivity contribution in [3.05, 3.63) is 22.2 Å². The Hall–Kier alpha value is -0.530. The molecule has 19 heavy (non-hydrogen) atoms. The van der Waals surface area contributed by atoms with Crippen molar-refractivity contribution in [3.8, 4) is 5.75 Å². The smallest absolute Gasteiger partial charge is 0.238 e. The molecule has 1 rings (SSSR count). The van der Waals surface area contributed by atoms with Crippen LogP contribution in [0.15, 0.2) is 17.0 Å². The summed E-state index contributed by atoms with van der Waals surface area (Å²) in [7, 11) is 0.0863. The molecule has 0 aliphatic heterocycles. The lowest BCUT2D eigenvalue weighted by Crippen LogP contribution is -2.16. The molecule has 1 aromatic rings. The van der Waals surface area contributed by atoms with E-state index in [1.54, 1.807) is 0 Å². The summed E-state index contributed by atoms with van der Waals surface area (Å²) in [4.78, 5) is 1.89. The van der Waals surface area contributed by atoms with E-state index in [4.69, 9.17) is 33.1 Å². The third-order valence-corrected chi connectivity index (χ3v) is 3.75. The molecule has 0 fully saturated rings. The lowest BCUT2D eigenvalue weighted by molar-refractivity contribution is 0.282. The Balaban J connectivity index is 2.81. The molecule has 0 saturated carbocycles. The van der Waals surface area contributed by atoms with Crippen LogP contribution < -0.4 is 9.88 Å². The van der Waals surface area contributed by atoms with Crippen molar-refractivity contribution in [1.82, 2.24) is 4.90 Å². The van der Waals surface area contributed by atoms with Crippen LogP contribution in [-0.2, 0) is 10.0 Å². The first-order chi connectivity index (χ1) is 8.71. The summed E-state index contributed by atoms with van der Waals surface area (Å²) in [5.74, 6) is 0.273. The number of halogens is 2. The topological polar surface area (TPSA) is 72.6 Å². The fraction of sp³-hybridized carbons (Fsp3) is 0.455. The molecule has 0 amide bonds. The van der Waals surface area contributed by atoms with Gasteiger partial charge in [0.25, 0.3) is 0 Å². The number of hydrogen-bond acceptors (Lipinski definition) is 4. The average molecular weight is 327 g/mol. The Morgan fingerprint density at radius 3 is 2.21 bits per heavy atom. The van der Waals surface area contributed by atoms with E-state index in [1.807, 2.05) is 19.0 Å². The minimum Gasteiger partial charge on any atom is -0.490 e. The van der Waals surface area contributed by atoms with Crippen molar-refractivity contribution in [1.29, 1.82) is 0 Å². The molecule has 0 aliphatic carbocycles. The predicted molar refractivity (Wildman–Crippen MR) is 76.5 cm³/mol. The van der Waals surface area contributed by atoms with Gasteiger partial charge >= 0.3 is 0 Å². The molecule has 0 heterocycles. The zero-order valence-electron chi connectivity index (χ0n) is 10.7. The quantitative estimate of drug-likeness (QED) is 0.811. The molecule has 0 atom stereocenters. The van der Waals surface area contributed by atoms with Crippen LogP contribution in [0, 0.1) is 0 Å². The van der Waals surface area contributed by atoms with Crippen LogP contribution in [0.1, 0.15) is 6.42 Å². The number of benzene rings is 1. The van der Waals surface area contributed by atoms with Crippen LogP contribution in [-0.4, -0.2) is 40.6 Å². The summed E-state index contributed by atoms with van der Waals surface area (Å²) in [6.07, 6.45) is 0.802. The Bertz CT molecular complexity index is 524. The molecule has 0 bridgehead atoms. The number of ether oxygens (including phenoxy) is 1. The third kappa shape index (κ3) is 5.16. The van der Waals surface area contributed by atoms with Gasteiger partial charge in [-0.2, -0.15) is 0 Å². The van der Waals surface area contributed by atoms with E-state index in [2.05, 4.69) is 0 Å². The van der Waals surface area contributed by atoms with Crippen molar-refractivity contribution in [3.63, 3.8) is 0 Å². The van der Waals surface area contributed by atoms with Gasteiger partial charge in [0.2, 0.25) is 10.0 Å². The lowest BCUT2D eigenvalue weighted by Gasteiger charge is -2.13. The fourth-order valence-electron chi connectivity index (χ4n) is 1.39. The predicted octanol–water partition coefficient (Wildman–Crippen LogP) is 1.97. The molecule has 0 spiro atoms. The molecule has 0 unspecified atom stereocenters. The molecule has 8 heteroatoms. The SMILES string of the molecule is CN(C)CCCOc1c(Cl)cc(S(N)(=O)=O)cc1Cl. The summed E-state index contributed by atoms with van der Waals surface area (Å²) in [5, 5.41) is 5.26. The van der Waals surface area contributed by atoms with E-state index < -0.39 is 10.0 Å². The number of nitrogens with zero attached hydrogens (tertiary/aromatic N) is 1. The maximum absolute atomic E-state index is 11.2. The minimum atomic E-state index is -3.83. The molecule has 108 valence electrons. The highest BCUT2D eigenvalue weighted by Gasteiger charge is 2.15. The van der Waals surface area contributed by atoms with Gasteiger partial charge in [-0.3, -0.25) is 0 Å². The van der Waals surface area contributed by atoms with Gasteiger partial charge in [0, 0.05) is 6.54 Å². The first kappa shape index (κ1) is 16.5. The van der Waals surface area contributed by atoms with E-state index in [9.17, 15) is 8.42 Å². The zero-order chi connectivity index (χ0) is 14.6. The first-order valence-electron chi connectivity index (χ1n) is 5.51. The lowest BCUT2D eigenvalue weighted by atomic mass is 10.3. The number of sulfonamides is 1. The van der Waals surface area contributed by atoms with Gasteiger partial charge in [0.1, 0.15) is 0 Å². The molecular weight excluding hydrogens is 311 g/mol. The van der Waals surface area contributed by atoms with Crippen LogP contribution in [0.5, 0.6) is 5.75 Å². The van der Waals surface area contributed by atoms with Crippen molar-refractivity contribution in [2.45, 2.75) is 11.3 Å². The maximum Gasteiger partial charge on any atom is 0.238 e. The van der Waals surface area contributed by atoms with Crippen molar-refractivity contribution >= 4 is 33.2 Å². The molecule has 0 aliphatic rings. The van der Waals surface area contributed by atoms with E-state index in [1.165, 1.54) is 12.1 Å². The van der Waals surface area contributed by atoms with Gasteiger partial charge in [0.05, 0.1) is 21.5 Å². The van der Waals surface area contributed by atoms with Gasteiger partial charge < -0.3 is 9.64 Å². The second kappa shape index (κ2) is 6.76. The Labute approximate surface area is 123 Å². The number of primary sulfonamides is 1. The highest BCUT2D eigenvalue weighted by molar-refractivity contribution is 7.89. The second-order valence-corrected chi connectivity index (χ2v) is 6.64. The van der Waals surface area contributed by atoms with E-state index in [0.717, 1.165) is 13.0 Å². The highest BCUT2D eigenvalue weighted by Crippen LogP contribution is 2.35. The standard InChI is InChI=1S/C11H16Cl2N2O3S/c1-15(2)4-3-5-18-11-9(12)6-8(7-10(11)13)19(14,16)17/h6-7H,3-5H2,1-2H3,(H2,14,16,17). The summed E-state index contributed by atoms with van der Waals surface area (Å²) >= 11 is 11.9. The van der Waals surface area contributed by atoms with Gasteiger partial charge in [0.15, 0.2) is 5.75 Å². The molecule has 0 aromatic heterocycles. The summed E-state index contributed by atoms with van der Waals surface area (Å²) in [6.45, 7) is 1.30.